The molecule has 0 bridgehead atoms. The number of nitrogens with zero attached hydrogens (tertiary/aromatic N) is 5. The molecule has 0 aliphatic carbocycles. The molecule has 148 valence electrons. The lowest BCUT2D eigenvalue weighted by molar-refractivity contribution is 0.0739. The van der Waals surface area contributed by atoms with Crippen molar-refractivity contribution in [2.75, 3.05) is 37.3 Å². The van der Waals surface area contributed by atoms with Crippen LogP contribution in [-0.2, 0) is 0 Å². The Morgan fingerprint density at radius 3 is 2.57 bits per heavy atom. The van der Waals surface area contributed by atoms with Gasteiger partial charge >= 0.3 is 0 Å². The first-order valence-electron chi connectivity index (χ1n) is 9.51. The number of aryl methyl sites for hydroxylation is 1. The van der Waals surface area contributed by atoms with Crippen LogP contribution in [-0.4, -0.2) is 58.0 Å². The third-order valence-electron chi connectivity index (χ3n) is 5.05. The molecule has 0 atom stereocenters. The lowest BCUT2D eigenvalue weighted by Crippen LogP contribution is -2.48. The van der Waals surface area contributed by atoms with Gasteiger partial charge in [0.25, 0.3) is 5.91 Å². The average Bonchev–Trinajstić information content (AvgIpc) is 3.30. The SMILES string of the molecule is CSc1ccc2nc(N3CCN(C(=O)c4cc(C)n(C(C)C)n4)CC3)sc2c1. The first kappa shape index (κ1) is 19.3. The fourth-order valence-electron chi connectivity index (χ4n) is 3.53. The van der Waals surface area contributed by atoms with E-state index in [4.69, 9.17) is 4.98 Å². The van der Waals surface area contributed by atoms with E-state index >= 15 is 0 Å². The van der Waals surface area contributed by atoms with Gasteiger partial charge in [0.15, 0.2) is 10.8 Å². The third kappa shape index (κ3) is 3.63. The van der Waals surface area contributed by atoms with Crippen molar-refractivity contribution in [3.8, 4) is 0 Å². The summed E-state index contributed by atoms with van der Waals surface area (Å²) < 4.78 is 3.13. The van der Waals surface area contributed by atoms with E-state index in [1.807, 2.05) is 22.6 Å². The van der Waals surface area contributed by atoms with Gasteiger partial charge in [-0.1, -0.05) is 11.3 Å². The predicted molar refractivity (Wildman–Crippen MR) is 117 cm³/mol. The maximum atomic E-state index is 12.9. The zero-order valence-electron chi connectivity index (χ0n) is 16.7. The number of carbonyl (C=O) groups excluding carboxylic acids is 1. The second-order valence-electron chi connectivity index (χ2n) is 7.32. The van der Waals surface area contributed by atoms with E-state index in [-0.39, 0.29) is 11.9 Å². The van der Waals surface area contributed by atoms with Crippen LogP contribution in [0.3, 0.4) is 0 Å². The number of amides is 1. The van der Waals surface area contributed by atoms with E-state index in [9.17, 15) is 4.79 Å². The van der Waals surface area contributed by atoms with E-state index in [1.165, 1.54) is 9.60 Å². The fraction of sp³-hybridized carbons (Fsp3) is 0.450. The third-order valence-corrected chi connectivity index (χ3v) is 6.86. The Hall–Kier alpha value is -2.06. The molecule has 3 heterocycles. The van der Waals surface area contributed by atoms with Crippen LogP contribution in [0.4, 0.5) is 5.13 Å². The molecular formula is C20H25N5OS2. The molecule has 6 nitrogen and oxygen atoms in total. The molecular weight excluding hydrogens is 390 g/mol. The molecule has 1 saturated heterocycles. The maximum absolute atomic E-state index is 12.9. The molecule has 8 heteroatoms. The van der Waals surface area contributed by atoms with E-state index in [0.717, 1.165) is 29.4 Å². The summed E-state index contributed by atoms with van der Waals surface area (Å²) >= 11 is 3.48. The Morgan fingerprint density at radius 2 is 1.93 bits per heavy atom. The van der Waals surface area contributed by atoms with Crippen LogP contribution in [0.1, 0.15) is 36.1 Å². The second kappa shape index (κ2) is 7.75. The Balaban J connectivity index is 1.44. The first-order valence-corrected chi connectivity index (χ1v) is 11.6. The smallest absolute Gasteiger partial charge is 0.274 e. The summed E-state index contributed by atoms with van der Waals surface area (Å²) in [6.45, 7) is 9.13. The van der Waals surface area contributed by atoms with E-state index in [0.29, 0.717) is 18.8 Å². The molecule has 1 aromatic carbocycles. The monoisotopic (exact) mass is 415 g/mol. The maximum Gasteiger partial charge on any atom is 0.274 e. The average molecular weight is 416 g/mol. The Morgan fingerprint density at radius 1 is 1.18 bits per heavy atom. The van der Waals surface area contributed by atoms with E-state index < -0.39 is 0 Å². The van der Waals surface area contributed by atoms with Crippen molar-refractivity contribution in [1.29, 1.82) is 0 Å². The molecule has 1 fully saturated rings. The minimum Gasteiger partial charge on any atom is -0.345 e. The van der Waals surface area contributed by atoms with Gasteiger partial charge in [0, 0.05) is 42.8 Å². The van der Waals surface area contributed by atoms with Crippen LogP contribution in [0, 0.1) is 6.92 Å². The molecule has 1 amide bonds. The molecule has 0 radical (unpaired) electrons. The van der Waals surface area contributed by atoms with Crippen molar-refractivity contribution in [1.82, 2.24) is 19.7 Å². The summed E-state index contributed by atoms with van der Waals surface area (Å²) in [5, 5.41) is 5.55. The van der Waals surface area contributed by atoms with Crippen LogP contribution >= 0.6 is 23.1 Å². The Labute approximate surface area is 173 Å². The second-order valence-corrected chi connectivity index (χ2v) is 9.21. The highest BCUT2D eigenvalue weighted by Gasteiger charge is 2.26. The summed E-state index contributed by atoms with van der Waals surface area (Å²) in [6, 6.07) is 8.56. The Bertz CT molecular complexity index is 1000. The number of fused-ring (bicyclic) bond motifs is 1. The molecule has 0 saturated carbocycles. The number of aromatic nitrogens is 3. The topological polar surface area (TPSA) is 54.3 Å². The van der Waals surface area contributed by atoms with Gasteiger partial charge in [0.05, 0.1) is 10.2 Å². The number of piperazine rings is 1. The van der Waals surface area contributed by atoms with Crippen molar-refractivity contribution >= 4 is 44.4 Å². The highest BCUT2D eigenvalue weighted by atomic mass is 32.2. The molecule has 0 unspecified atom stereocenters. The van der Waals surface area contributed by atoms with Crippen LogP contribution < -0.4 is 4.90 Å². The zero-order chi connectivity index (χ0) is 19.8. The summed E-state index contributed by atoms with van der Waals surface area (Å²) in [5.74, 6) is 0.0241. The number of rotatable bonds is 4. The van der Waals surface area contributed by atoms with Crippen LogP contribution in [0.25, 0.3) is 10.2 Å². The van der Waals surface area contributed by atoms with Crippen molar-refractivity contribution in [2.24, 2.45) is 0 Å². The molecule has 0 spiro atoms. The number of benzene rings is 1. The first-order chi connectivity index (χ1) is 13.5. The quantitative estimate of drug-likeness (QED) is 0.601. The normalized spacial score (nSPS) is 15.0. The van der Waals surface area contributed by atoms with Gasteiger partial charge in [-0.2, -0.15) is 5.10 Å². The molecule has 1 aliphatic heterocycles. The number of hydrogen-bond acceptors (Lipinski definition) is 6. The number of thiazole rings is 1. The van der Waals surface area contributed by atoms with Gasteiger partial charge < -0.3 is 9.80 Å². The van der Waals surface area contributed by atoms with Crippen LogP contribution in [0.15, 0.2) is 29.2 Å². The number of carbonyl (C=O) groups is 1. The highest BCUT2D eigenvalue weighted by Crippen LogP contribution is 2.32. The zero-order valence-corrected chi connectivity index (χ0v) is 18.3. The van der Waals surface area contributed by atoms with Gasteiger partial charge in [-0.15, -0.1) is 11.8 Å². The molecule has 28 heavy (non-hydrogen) atoms. The number of thioether (sulfide) groups is 1. The Kier molecular flexibility index (Phi) is 5.33. The van der Waals surface area contributed by atoms with Crippen molar-refractivity contribution < 1.29 is 4.79 Å². The van der Waals surface area contributed by atoms with Crippen LogP contribution in [0.2, 0.25) is 0 Å². The van der Waals surface area contributed by atoms with Gasteiger partial charge in [-0.3, -0.25) is 9.48 Å². The molecule has 0 N–H and O–H groups in total. The largest absolute Gasteiger partial charge is 0.345 e. The summed E-state index contributed by atoms with van der Waals surface area (Å²) in [7, 11) is 0. The van der Waals surface area contributed by atoms with E-state index in [2.05, 4.69) is 48.3 Å². The lowest BCUT2D eigenvalue weighted by atomic mass is 10.2. The van der Waals surface area contributed by atoms with Gasteiger partial charge in [0.1, 0.15) is 0 Å². The summed E-state index contributed by atoms with van der Waals surface area (Å²) in [4.78, 5) is 23.1. The summed E-state index contributed by atoms with van der Waals surface area (Å²) in [6.07, 6.45) is 2.09. The molecule has 4 rings (SSSR count). The predicted octanol–water partition coefficient (Wildman–Crippen LogP) is 4.07. The van der Waals surface area contributed by atoms with E-state index in [1.54, 1.807) is 23.1 Å². The minimum atomic E-state index is 0.0241. The fourth-order valence-corrected chi connectivity index (χ4v) is 5.10. The summed E-state index contributed by atoms with van der Waals surface area (Å²) in [5.41, 5.74) is 2.62. The van der Waals surface area contributed by atoms with Crippen molar-refractivity contribution in [3.05, 3.63) is 35.7 Å². The van der Waals surface area contributed by atoms with Gasteiger partial charge in [0.2, 0.25) is 0 Å². The number of anilines is 1. The standard InChI is InChI=1S/C20H25N5OS2/c1-13(2)25-14(3)11-17(22-25)19(26)23-7-9-24(10-8-23)20-21-16-6-5-15(27-4)12-18(16)28-20/h5-6,11-13H,7-10H2,1-4H3. The molecule has 1 aliphatic rings. The van der Waals surface area contributed by atoms with Crippen molar-refractivity contribution in [3.63, 3.8) is 0 Å². The molecule has 2 aromatic heterocycles. The van der Waals surface area contributed by atoms with Crippen molar-refractivity contribution in [2.45, 2.75) is 31.7 Å². The van der Waals surface area contributed by atoms with Gasteiger partial charge in [-0.05, 0) is 51.3 Å². The lowest BCUT2D eigenvalue weighted by Gasteiger charge is -2.34. The minimum absolute atomic E-state index is 0.0241. The highest BCUT2D eigenvalue weighted by molar-refractivity contribution is 7.98. The van der Waals surface area contributed by atoms with Gasteiger partial charge in [-0.25, -0.2) is 4.98 Å². The molecule has 3 aromatic rings. The number of hydrogen-bond donors (Lipinski definition) is 0. The van der Waals surface area contributed by atoms with Crippen LogP contribution in [0.5, 0.6) is 0 Å².